The fourth-order valence-corrected chi connectivity index (χ4v) is 2.60. The van der Waals surface area contributed by atoms with Crippen molar-refractivity contribution >= 4 is 17.6 Å². The number of carbonyl (C=O) groups is 1. The predicted molar refractivity (Wildman–Crippen MR) is 84.0 cm³/mol. The summed E-state index contributed by atoms with van der Waals surface area (Å²) in [7, 11) is 0. The number of aliphatic carboxylic acids is 1. The highest BCUT2D eigenvalue weighted by Crippen LogP contribution is 2.23. The molecule has 3 N–H and O–H groups in total. The van der Waals surface area contributed by atoms with E-state index in [0.717, 1.165) is 19.4 Å². The monoisotopic (exact) mass is 308 g/mol. The van der Waals surface area contributed by atoms with Gasteiger partial charge < -0.3 is 20.5 Å². The van der Waals surface area contributed by atoms with Gasteiger partial charge in [-0.2, -0.15) is 0 Å². The zero-order valence-electron chi connectivity index (χ0n) is 13.2. The number of rotatable bonds is 6. The van der Waals surface area contributed by atoms with Gasteiger partial charge in [0, 0.05) is 12.7 Å². The molecule has 22 heavy (non-hydrogen) atoms. The van der Waals surface area contributed by atoms with E-state index in [1.54, 1.807) is 13.0 Å². The Balaban J connectivity index is 2.04. The maximum absolute atomic E-state index is 10.9. The highest BCUT2D eigenvalue weighted by Gasteiger charge is 2.28. The molecule has 2 unspecified atom stereocenters. The SMILES string of the molecule is CC(C)C1OCCCC1Nc1cc(N[C@H](C)C(=O)O)ncn1. The van der Waals surface area contributed by atoms with Crippen molar-refractivity contribution < 1.29 is 14.6 Å². The smallest absolute Gasteiger partial charge is 0.325 e. The molecule has 0 saturated carbocycles. The van der Waals surface area contributed by atoms with E-state index in [1.165, 1.54) is 6.33 Å². The van der Waals surface area contributed by atoms with Crippen molar-refractivity contribution in [1.29, 1.82) is 0 Å². The number of hydrogen-bond acceptors (Lipinski definition) is 6. The Hall–Kier alpha value is -1.89. The Kier molecular flexibility index (Phi) is 5.54. The van der Waals surface area contributed by atoms with Gasteiger partial charge in [0.15, 0.2) is 0 Å². The summed E-state index contributed by atoms with van der Waals surface area (Å²) in [5.74, 6) is 0.666. The minimum atomic E-state index is -0.923. The summed E-state index contributed by atoms with van der Waals surface area (Å²) in [6, 6.07) is 1.23. The van der Waals surface area contributed by atoms with Gasteiger partial charge in [-0.25, -0.2) is 9.97 Å². The number of nitrogens with one attached hydrogen (secondary N) is 2. The lowest BCUT2D eigenvalue weighted by Gasteiger charge is -2.35. The molecule has 1 aromatic rings. The quantitative estimate of drug-likeness (QED) is 0.739. The zero-order valence-corrected chi connectivity index (χ0v) is 13.2. The zero-order chi connectivity index (χ0) is 16.1. The van der Waals surface area contributed by atoms with Gasteiger partial charge in [-0.15, -0.1) is 0 Å². The molecule has 0 aromatic carbocycles. The van der Waals surface area contributed by atoms with Crippen LogP contribution in [0, 0.1) is 5.92 Å². The van der Waals surface area contributed by atoms with Crippen LogP contribution < -0.4 is 10.6 Å². The largest absolute Gasteiger partial charge is 0.480 e. The van der Waals surface area contributed by atoms with Crippen molar-refractivity contribution in [3.8, 4) is 0 Å². The average Bonchev–Trinajstić information content (AvgIpc) is 2.47. The molecule has 1 fully saturated rings. The minimum Gasteiger partial charge on any atom is -0.480 e. The Labute approximate surface area is 130 Å². The summed E-state index contributed by atoms with van der Waals surface area (Å²) in [4.78, 5) is 19.2. The first-order valence-corrected chi connectivity index (χ1v) is 7.67. The number of nitrogens with zero attached hydrogens (tertiary/aromatic N) is 2. The first kappa shape index (κ1) is 16.5. The second kappa shape index (κ2) is 7.40. The lowest BCUT2D eigenvalue weighted by Crippen LogP contribution is -2.43. The van der Waals surface area contributed by atoms with Crippen molar-refractivity contribution in [3.63, 3.8) is 0 Å². The van der Waals surface area contributed by atoms with E-state index in [2.05, 4.69) is 34.4 Å². The fourth-order valence-electron chi connectivity index (χ4n) is 2.60. The van der Waals surface area contributed by atoms with E-state index in [4.69, 9.17) is 9.84 Å². The van der Waals surface area contributed by atoms with Gasteiger partial charge in [-0.1, -0.05) is 13.8 Å². The lowest BCUT2D eigenvalue weighted by atomic mass is 9.94. The highest BCUT2D eigenvalue weighted by molar-refractivity contribution is 5.76. The van der Waals surface area contributed by atoms with Gasteiger partial charge in [-0.05, 0) is 25.7 Å². The van der Waals surface area contributed by atoms with Gasteiger partial charge in [0.2, 0.25) is 0 Å². The summed E-state index contributed by atoms with van der Waals surface area (Å²) >= 11 is 0. The molecular weight excluding hydrogens is 284 g/mol. The molecular formula is C15H24N4O3. The number of aromatic nitrogens is 2. The number of anilines is 2. The van der Waals surface area contributed by atoms with Gasteiger partial charge in [0.05, 0.1) is 12.1 Å². The number of carboxylic acids is 1. The third-order valence-corrected chi connectivity index (χ3v) is 3.76. The molecule has 0 bridgehead atoms. The van der Waals surface area contributed by atoms with Crippen LogP contribution in [0.15, 0.2) is 12.4 Å². The maximum Gasteiger partial charge on any atom is 0.325 e. The Morgan fingerprint density at radius 1 is 1.36 bits per heavy atom. The predicted octanol–water partition coefficient (Wildman–Crippen LogP) is 1.98. The number of carboxylic acid groups (broad SMARTS) is 1. The van der Waals surface area contributed by atoms with Crippen LogP contribution in [-0.4, -0.2) is 45.8 Å². The first-order valence-electron chi connectivity index (χ1n) is 7.67. The molecule has 7 heteroatoms. The fraction of sp³-hybridized carbons (Fsp3) is 0.667. The number of hydrogen-bond donors (Lipinski definition) is 3. The normalized spacial score (nSPS) is 23.1. The van der Waals surface area contributed by atoms with Crippen molar-refractivity contribution in [2.24, 2.45) is 5.92 Å². The van der Waals surface area contributed by atoms with Crippen LogP contribution in [0.5, 0.6) is 0 Å². The summed E-state index contributed by atoms with van der Waals surface area (Å²) in [6.07, 6.45) is 3.62. The van der Waals surface area contributed by atoms with E-state index >= 15 is 0 Å². The standard InChI is InChI=1S/C15H24N4O3/c1-9(2)14-11(5-4-6-22-14)19-13-7-12(16-8-17-13)18-10(3)15(20)21/h7-11,14H,4-6H2,1-3H3,(H,20,21)(H2,16,17,18,19)/t10-,11?,14?/m1/s1. The van der Waals surface area contributed by atoms with E-state index < -0.39 is 12.0 Å². The second-order valence-corrected chi connectivity index (χ2v) is 5.97. The van der Waals surface area contributed by atoms with E-state index in [-0.39, 0.29) is 12.1 Å². The first-order chi connectivity index (χ1) is 10.5. The molecule has 122 valence electrons. The Morgan fingerprint density at radius 3 is 2.77 bits per heavy atom. The molecule has 1 aromatic heterocycles. The highest BCUT2D eigenvalue weighted by atomic mass is 16.5. The van der Waals surface area contributed by atoms with Crippen molar-refractivity contribution in [2.45, 2.75) is 51.8 Å². The molecule has 3 atom stereocenters. The van der Waals surface area contributed by atoms with E-state index in [9.17, 15) is 4.79 Å². The van der Waals surface area contributed by atoms with Crippen LogP contribution in [-0.2, 0) is 9.53 Å². The Bertz CT molecular complexity index is 509. The molecule has 2 heterocycles. The molecule has 1 aliphatic rings. The molecule has 1 aliphatic heterocycles. The molecule has 7 nitrogen and oxygen atoms in total. The summed E-state index contributed by atoms with van der Waals surface area (Å²) in [5.41, 5.74) is 0. The second-order valence-electron chi connectivity index (χ2n) is 5.97. The average molecular weight is 308 g/mol. The third-order valence-electron chi connectivity index (χ3n) is 3.76. The van der Waals surface area contributed by atoms with E-state index in [0.29, 0.717) is 17.6 Å². The van der Waals surface area contributed by atoms with Gasteiger partial charge >= 0.3 is 5.97 Å². The number of ether oxygens (including phenoxy) is 1. The van der Waals surface area contributed by atoms with Gasteiger partial charge in [-0.3, -0.25) is 4.79 Å². The van der Waals surface area contributed by atoms with Crippen molar-refractivity contribution in [2.75, 3.05) is 17.2 Å². The van der Waals surface area contributed by atoms with E-state index in [1.807, 2.05) is 0 Å². The minimum absolute atomic E-state index is 0.151. The van der Waals surface area contributed by atoms with Crippen molar-refractivity contribution in [1.82, 2.24) is 9.97 Å². The third kappa shape index (κ3) is 4.30. The lowest BCUT2D eigenvalue weighted by molar-refractivity contribution is -0.137. The topological polar surface area (TPSA) is 96.4 Å². The van der Waals surface area contributed by atoms with Crippen LogP contribution in [0.3, 0.4) is 0 Å². The molecule has 1 saturated heterocycles. The van der Waals surface area contributed by atoms with Crippen LogP contribution >= 0.6 is 0 Å². The molecule has 0 radical (unpaired) electrons. The van der Waals surface area contributed by atoms with Crippen LogP contribution in [0.25, 0.3) is 0 Å². The summed E-state index contributed by atoms with van der Waals surface area (Å²) in [6.45, 7) is 6.66. The van der Waals surface area contributed by atoms with Crippen LogP contribution in [0.1, 0.15) is 33.6 Å². The summed E-state index contributed by atoms with van der Waals surface area (Å²) < 4.78 is 5.85. The molecule has 2 rings (SSSR count). The van der Waals surface area contributed by atoms with Crippen LogP contribution in [0.4, 0.5) is 11.6 Å². The Morgan fingerprint density at radius 2 is 2.09 bits per heavy atom. The summed E-state index contributed by atoms with van der Waals surface area (Å²) in [5, 5.41) is 15.2. The molecule has 0 aliphatic carbocycles. The van der Waals surface area contributed by atoms with Crippen molar-refractivity contribution in [3.05, 3.63) is 12.4 Å². The molecule has 0 amide bonds. The van der Waals surface area contributed by atoms with Gasteiger partial charge in [0.25, 0.3) is 0 Å². The van der Waals surface area contributed by atoms with Gasteiger partial charge in [0.1, 0.15) is 24.0 Å². The maximum atomic E-state index is 10.9. The molecule has 0 spiro atoms. The van der Waals surface area contributed by atoms with Crippen LogP contribution in [0.2, 0.25) is 0 Å².